The molecule has 2 aliphatic rings. The molecular formula is C27H38F2N4O3SSi. The fourth-order valence-corrected chi connectivity index (χ4v) is 6.21. The Morgan fingerprint density at radius 1 is 1.16 bits per heavy atom. The zero-order chi connectivity index (χ0) is 27.7. The Balaban J connectivity index is 1.36. The third-order valence-electron chi connectivity index (χ3n) is 7.57. The largest absolute Gasteiger partial charge is 0.411 e. The molecule has 2 saturated carbocycles. The lowest BCUT2D eigenvalue weighted by Gasteiger charge is -2.39. The molecule has 1 aromatic heterocycles. The molecule has 1 aromatic carbocycles. The van der Waals surface area contributed by atoms with Gasteiger partial charge in [-0.3, -0.25) is 4.79 Å². The number of anilines is 1. The topological polar surface area (TPSA) is 99.4 Å². The van der Waals surface area contributed by atoms with Crippen LogP contribution in [-0.4, -0.2) is 48.2 Å². The fraction of sp³-hybridized carbons (Fsp3) is 0.593. The molecule has 0 radical (unpaired) electrons. The van der Waals surface area contributed by atoms with Gasteiger partial charge in [-0.25, -0.2) is 18.7 Å². The first-order chi connectivity index (χ1) is 17.7. The van der Waals surface area contributed by atoms with Gasteiger partial charge in [0.25, 0.3) is 5.92 Å². The van der Waals surface area contributed by atoms with Crippen molar-refractivity contribution in [2.45, 2.75) is 94.2 Å². The highest BCUT2D eigenvalue weighted by atomic mass is 32.2. The van der Waals surface area contributed by atoms with Crippen molar-refractivity contribution in [1.82, 2.24) is 15.3 Å². The average Bonchev–Trinajstić information content (AvgIpc) is 3.63. The number of thioether (sulfide) groups is 1. The summed E-state index contributed by atoms with van der Waals surface area (Å²) in [6.45, 7) is 10.4. The molecule has 3 N–H and O–H groups in total. The molecule has 7 nitrogen and oxygen atoms in total. The lowest BCUT2D eigenvalue weighted by atomic mass is 10.1. The maximum atomic E-state index is 14.3. The van der Waals surface area contributed by atoms with Gasteiger partial charge in [-0.2, -0.15) is 0 Å². The van der Waals surface area contributed by atoms with Gasteiger partial charge in [0.1, 0.15) is 6.61 Å². The van der Waals surface area contributed by atoms with Gasteiger partial charge in [-0.05, 0) is 48.7 Å². The smallest absolute Gasteiger partial charge is 0.253 e. The number of carbonyl (C=O) groups is 1. The van der Waals surface area contributed by atoms with Gasteiger partial charge in [0.2, 0.25) is 5.91 Å². The Hall–Kier alpha value is -2.08. The van der Waals surface area contributed by atoms with Crippen LogP contribution in [0.3, 0.4) is 0 Å². The standard InChI is InChI=1S/C27H38F2N4O3SSi/c1-26(2,3)38(4,5)36-22-12-27(28,29)11-21(22)35-15-24-31-13-19(14-32-24)18-8-9-20(30)23(10-18)37-16-33-25(34)17-6-7-17/h8-10,13-14,17,21-22H,6-7,11-12,15-16,30H2,1-5H3,(H,33,34)/t21-,22?/m0/s1. The van der Waals surface area contributed by atoms with Gasteiger partial charge in [0.05, 0.1) is 18.1 Å². The van der Waals surface area contributed by atoms with E-state index in [1.54, 1.807) is 12.4 Å². The molecule has 0 saturated heterocycles. The van der Waals surface area contributed by atoms with Gasteiger partial charge in [0.15, 0.2) is 14.1 Å². The number of carbonyl (C=O) groups excluding carboxylic acids is 1. The monoisotopic (exact) mass is 564 g/mol. The van der Waals surface area contributed by atoms with Crippen LogP contribution in [0.25, 0.3) is 11.1 Å². The Morgan fingerprint density at radius 3 is 2.45 bits per heavy atom. The normalized spacial score (nSPS) is 21.4. The van der Waals surface area contributed by atoms with E-state index < -0.39 is 26.4 Å². The second kappa shape index (κ2) is 11.2. The number of hydrogen-bond acceptors (Lipinski definition) is 7. The number of alkyl halides is 2. The van der Waals surface area contributed by atoms with Gasteiger partial charge in [-0.15, -0.1) is 11.8 Å². The van der Waals surface area contributed by atoms with Crippen LogP contribution in [0.4, 0.5) is 14.5 Å². The molecule has 11 heteroatoms. The first kappa shape index (κ1) is 28.9. The maximum Gasteiger partial charge on any atom is 0.253 e. The van der Waals surface area contributed by atoms with E-state index in [0.29, 0.717) is 17.4 Å². The summed E-state index contributed by atoms with van der Waals surface area (Å²) in [6, 6.07) is 5.65. The van der Waals surface area contributed by atoms with Crippen molar-refractivity contribution in [1.29, 1.82) is 0 Å². The van der Waals surface area contributed by atoms with E-state index in [0.717, 1.165) is 28.9 Å². The van der Waals surface area contributed by atoms with Crippen LogP contribution in [0.5, 0.6) is 0 Å². The van der Waals surface area contributed by atoms with Gasteiger partial charge in [0, 0.05) is 47.3 Å². The van der Waals surface area contributed by atoms with Crippen molar-refractivity contribution in [3.63, 3.8) is 0 Å². The van der Waals surface area contributed by atoms with Gasteiger partial charge >= 0.3 is 0 Å². The van der Waals surface area contributed by atoms with Crippen LogP contribution in [0.15, 0.2) is 35.5 Å². The molecule has 208 valence electrons. The Labute approximate surface area is 228 Å². The number of ether oxygens (including phenoxy) is 1. The summed E-state index contributed by atoms with van der Waals surface area (Å²) in [6.07, 6.45) is 3.26. The molecule has 2 fully saturated rings. The first-order valence-corrected chi connectivity index (χ1v) is 16.9. The quantitative estimate of drug-likeness (QED) is 0.158. The fourth-order valence-electron chi connectivity index (χ4n) is 4.05. The van der Waals surface area contributed by atoms with E-state index in [2.05, 4.69) is 49.1 Å². The SMILES string of the molecule is CC(C)(C)[Si](C)(C)OC1CC(F)(F)C[C@@H]1OCc1ncc(-c2ccc(N)c(SCNC(=O)C3CC3)c2)cn1. The summed E-state index contributed by atoms with van der Waals surface area (Å²) in [5.41, 5.74) is 8.45. The molecule has 38 heavy (non-hydrogen) atoms. The zero-order valence-corrected chi connectivity index (χ0v) is 24.5. The molecule has 0 aliphatic heterocycles. The number of nitrogen functional groups attached to an aromatic ring is 1. The first-order valence-electron chi connectivity index (χ1n) is 13.0. The van der Waals surface area contributed by atoms with Crippen LogP contribution in [0, 0.1) is 5.92 Å². The minimum atomic E-state index is -2.81. The zero-order valence-electron chi connectivity index (χ0n) is 22.7. The van der Waals surface area contributed by atoms with E-state index >= 15 is 0 Å². The van der Waals surface area contributed by atoms with Crippen LogP contribution >= 0.6 is 11.8 Å². The van der Waals surface area contributed by atoms with Gasteiger partial charge < -0.3 is 20.2 Å². The molecule has 1 unspecified atom stereocenters. The predicted molar refractivity (Wildman–Crippen MR) is 148 cm³/mol. The number of hydrogen-bond donors (Lipinski definition) is 2. The number of amides is 1. The molecule has 1 amide bonds. The number of rotatable bonds is 10. The second-order valence-electron chi connectivity index (χ2n) is 11.8. The highest BCUT2D eigenvalue weighted by Gasteiger charge is 2.51. The van der Waals surface area contributed by atoms with E-state index in [1.807, 2.05) is 18.2 Å². The van der Waals surface area contributed by atoms with Crippen LogP contribution < -0.4 is 11.1 Å². The third-order valence-corrected chi connectivity index (χ3v) is 13.0. The number of nitrogens with zero attached hydrogens (tertiary/aromatic N) is 2. The van der Waals surface area contributed by atoms with Crippen LogP contribution in [0.1, 0.15) is 52.3 Å². The second-order valence-corrected chi connectivity index (χ2v) is 17.5. The van der Waals surface area contributed by atoms with Crippen molar-refractivity contribution in [3.8, 4) is 11.1 Å². The maximum absolute atomic E-state index is 14.3. The number of nitrogens with one attached hydrogen (secondary N) is 1. The minimum absolute atomic E-state index is 0.0297. The number of aromatic nitrogens is 2. The van der Waals surface area contributed by atoms with Crippen molar-refractivity contribution >= 4 is 31.7 Å². The Bertz CT molecular complexity index is 1140. The van der Waals surface area contributed by atoms with E-state index in [4.69, 9.17) is 14.9 Å². The molecule has 0 spiro atoms. The van der Waals surface area contributed by atoms with Gasteiger partial charge in [-0.1, -0.05) is 26.8 Å². The molecule has 4 rings (SSSR count). The average molecular weight is 565 g/mol. The molecule has 2 aliphatic carbocycles. The number of nitrogens with two attached hydrogens (primary N) is 1. The summed E-state index contributed by atoms with van der Waals surface area (Å²) in [5, 5.41) is 2.84. The molecule has 2 aromatic rings. The van der Waals surface area contributed by atoms with Crippen molar-refractivity contribution in [2.24, 2.45) is 5.92 Å². The lowest BCUT2D eigenvalue weighted by Crippen LogP contribution is -2.46. The number of benzene rings is 1. The van der Waals surface area contributed by atoms with Crippen LogP contribution in [-0.2, 0) is 20.6 Å². The minimum Gasteiger partial charge on any atom is -0.411 e. The van der Waals surface area contributed by atoms with E-state index in [-0.39, 0.29) is 36.3 Å². The number of halogens is 2. The Morgan fingerprint density at radius 2 is 1.82 bits per heavy atom. The summed E-state index contributed by atoms with van der Waals surface area (Å²) in [5.74, 6) is -1.68. The Kier molecular flexibility index (Phi) is 8.51. The molecule has 0 bridgehead atoms. The van der Waals surface area contributed by atoms with Crippen molar-refractivity contribution < 1.29 is 22.7 Å². The van der Waals surface area contributed by atoms with Crippen LogP contribution in [0.2, 0.25) is 18.1 Å². The summed E-state index contributed by atoms with van der Waals surface area (Å²) in [4.78, 5) is 21.5. The lowest BCUT2D eigenvalue weighted by molar-refractivity contribution is -0.121. The summed E-state index contributed by atoms with van der Waals surface area (Å²) in [7, 11) is -2.23. The molecular weight excluding hydrogens is 526 g/mol. The van der Waals surface area contributed by atoms with E-state index in [9.17, 15) is 13.6 Å². The summed E-state index contributed by atoms with van der Waals surface area (Å²) < 4.78 is 40.8. The predicted octanol–water partition coefficient (Wildman–Crippen LogP) is 6.01. The highest BCUT2D eigenvalue weighted by Crippen LogP contribution is 2.44. The van der Waals surface area contributed by atoms with E-state index in [1.165, 1.54) is 11.8 Å². The summed E-state index contributed by atoms with van der Waals surface area (Å²) >= 11 is 1.47. The molecule has 1 heterocycles. The van der Waals surface area contributed by atoms with Crippen molar-refractivity contribution in [3.05, 3.63) is 36.4 Å². The third kappa shape index (κ3) is 7.31. The molecule has 2 atom stereocenters. The highest BCUT2D eigenvalue weighted by molar-refractivity contribution is 7.99. The van der Waals surface area contributed by atoms with Crippen molar-refractivity contribution in [2.75, 3.05) is 11.6 Å².